The Morgan fingerprint density at radius 2 is 1.93 bits per heavy atom. The maximum absolute atomic E-state index is 14.4. The Labute approximate surface area is 171 Å². The summed E-state index contributed by atoms with van der Waals surface area (Å²) in [7, 11) is 1.75. The molecule has 1 aromatic carbocycles. The summed E-state index contributed by atoms with van der Waals surface area (Å²) in [6, 6.07) is 4.79. The van der Waals surface area contributed by atoms with Crippen LogP contribution in [0.3, 0.4) is 0 Å². The standard InChI is InChI=1S/C21H20F4N4O/c1-13(2)29(20(30)19-11-28(3)12-27-19)10-14-4-5-18(22)17(6-14)15-7-16(9-26-8-15)21(23,24)25/h4-9,11-13H,10H2,1-3H3. The highest BCUT2D eigenvalue weighted by Gasteiger charge is 2.31. The highest BCUT2D eigenvalue weighted by atomic mass is 19.4. The second-order valence-electron chi connectivity index (χ2n) is 7.23. The predicted molar refractivity (Wildman–Crippen MR) is 103 cm³/mol. The molecule has 158 valence electrons. The number of hydrogen-bond acceptors (Lipinski definition) is 3. The lowest BCUT2D eigenvalue weighted by atomic mass is 10.0. The first-order valence-corrected chi connectivity index (χ1v) is 9.16. The average Bonchev–Trinajstić information content (AvgIpc) is 3.12. The van der Waals surface area contributed by atoms with Crippen molar-refractivity contribution in [3.05, 3.63) is 71.8 Å². The molecule has 0 radical (unpaired) electrons. The maximum Gasteiger partial charge on any atom is 0.417 e. The molecule has 0 fully saturated rings. The van der Waals surface area contributed by atoms with Crippen LogP contribution in [0.25, 0.3) is 11.1 Å². The molecule has 0 saturated carbocycles. The maximum atomic E-state index is 14.4. The van der Waals surface area contributed by atoms with E-state index in [2.05, 4.69) is 9.97 Å². The molecular formula is C21H20F4N4O. The van der Waals surface area contributed by atoms with Crippen LogP contribution in [0.1, 0.15) is 35.5 Å². The number of nitrogens with zero attached hydrogens (tertiary/aromatic N) is 4. The van der Waals surface area contributed by atoms with Gasteiger partial charge in [0.2, 0.25) is 0 Å². The summed E-state index contributed by atoms with van der Waals surface area (Å²) in [6.07, 6.45) is 0.402. The molecule has 0 bridgehead atoms. The van der Waals surface area contributed by atoms with E-state index in [1.54, 1.807) is 22.7 Å². The van der Waals surface area contributed by atoms with Crippen LogP contribution < -0.4 is 0 Å². The fourth-order valence-electron chi connectivity index (χ4n) is 2.99. The number of rotatable bonds is 5. The van der Waals surface area contributed by atoms with E-state index in [1.807, 2.05) is 13.8 Å². The van der Waals surface area contributed by atoms with Crippen LogP contribution in [0.5, 0.6) is 0 Å². The first-order chi connectivity index (χ1) is 14.1. The molecule has 3 rings (SSSR count). The fourth-order valence-corrected chi connectivity index (χ4v) is 2.99. The zero-order valence-corrected chi connectivity index (χ0v) is 16.6. The highest BCUT2D eigenvalue weighted by molar-refractivity contribution is 5.92. The lowest BCUT2D eigenvalue weighted by molar-refractivity contribution is -0.137. The minimum absolute atomic E-state index is 0.0105. The summed E-state index contributed by atoms with van der Waals surface area (Å²) >= 11 is 0. The molecule has 3 aromatic rings. The van der Waals surface area contributed by atoms with E-state index in [-0.39, 0.29) is 35.3 Å². The van der Waals surface area contributed by atoms with Crippen molar-refractivity contribution in [1.82, 2.24) is 19.4 Å². The Morgan fingerprint density at radius 1 is 1.20 bits per heavy atom. The number of benzene rings is 1. The molecule has 5 nitrogen and oxygen atoms in total. The van der Waals surface area contributed by atoms with Crippen LogP contribution in [0, 0.1) is 5.82 Å². The molecule has 0 aliphatic rings. The average molecular weight is 420 g/mol. The number of pyridine rings is 1. The predicted octanol–water partition coefficient (Wildman–Crippen LogP) is 4.69. The monoisotopic (exact) mass is 420 g/mol. The van der Waals surface area contributed by atoms with Gasteiger partial charge in [-0.2, -0.15) is 13.2 Å². The van der Waals surface area contributed by atoms with Gasteiger partial charge in [-0.3, -0.25) is 9.78 Å². The van der Waals surface area contributed by atoms with Crippen molar-refractivity contribution in [3.8, 4) is 11.1 Å². The third-order valence-electron chi connectivity index (χ3n) is 4.57. The Bertz CT molecular complexity index is 1060. The van der Waals surface area contributed by atoms with Gasteiger partial charge in [0.05, 0.1) is 11.9 Å². The molecule has 0 spiro atoms. The van der Waals surface area contributed by atoms with Gasteiger partial charge < -0.3 is 9.47 Å². The quantitative estimate of drug-likeness (QED) is 0.563. The summed E-state index contributed by atoms with van der Waals surface area (Å²) in [5.74, 6) is -0.968. The van der Waals surface area contributed by atoms with Crippen molar-refractivity contribution in [2.75, 3.05) is 0 Å². The van der Waals surface area contributed by atoms with Gasteiger partial charge in [-0.15, -0.1) is 0 Å². The number of alkyl halides is 3. The van der Waals surface area contributed by atoms with Crippen molar-refractivity contribution >= 4 is 5.91 Å². The summed E-state index contributed by atoms with van der Waals surface area (Å²) in [5.41, 5.74) is -0.118. The van der Waals surface area contributed by atoms with Crippen molar-refractivity contribution in [2.45, 2.75) is 32.6 Å². The molecule has 2 aromatic heterocycles. The van der Waals surface area contributed by atoms with E-state index in [0.29, 0.717) is 11.8 Å². The van der Waals surface area contributed by atoms with Gasteiger partial charge in [0.1, 0.15) is 11.5 Å². The van der Waals surface area contributed by atoms with E-state index in [1.165, 1.54) is 30.7 Å². The number of hydrogen-bond donors (Lipinski definition) is 0. The zero-order valence-electron chi connectivity index (χ0n) is 16.6. The number of aryl methyl sites for hydroxylation is 1. The van der Waals surface area contributed by atoms with Crippen LogP contribution in [-0.2, 0) is 19.8 Å². The van der Waals surface area contributed by atoms with Gasteiger partial charge in [-0.25, -0.2) is 9.37 Å². The van der Waals surface area contributed by atoms with Crippen molar-refractivity contribution < 1.29 is 22.4 Å². The topological polar surface area (TPSA) is 51.0 Å². The van der Waals surface area contributed by atoms with Crippen LogP contribution in [0.4, 0.5) is 17.6 Å². The largest absolute Gasteiger partial charge is 0.417 e. The minimum atomic E-state index is -4.58. The molecule has 1 amide bonds. The van der Waals surface area contributed by atoms with Gasteiger partial charge in [0.25, 0.3) is 5.91 Å². The molecule has 0 aliphatic carbocycles. The lowest BCUT2D eigenvalue weighted by Gasteiger charge is -2.26. The summed E-state index contributed by atoms with van der Waals surface area (Å²) in [4.78, 5) is 22.0. The van der Waals surface area contributed by atoms with Crippen molar-refractivity contribution in [3.63, 3.8) is 0 Å². The van der Waals surface area contributed by atoms with Crippen molar-refractivity contribution in [2.24, 2.45) is 7.05 Å². The number of imidazole rings is 1. The Hall–Kier alpha value is -3.23. The number of halogens is 4. The van der Waals surface area contributed by atoms with Gasteiger partial charge in [-0.1, -0.05) is 6.07 Å². The molecular weight excluding hydrogens is 400 g/mol. The third kappa shape index (κ3) is 4.67. The van der Waals surface area contributed by atoms with E-state index < -0.39 is 17.6 Å². The molecule has 0 unspecified atom stereocenters. The Morgan fingerprint density at radius 3 is 2.53 bits per heavy atom. The van der Waals surface area contributed by atoms with Gasteiger partial charge in [0, 0.05) is 49.4 Å². The number of carbonyl (C=O) groups excluding carboxylic acids is 1. The van der Waals surface area contributed by atoms with Crippen LogP contribution >= 0.6 is 0 Å². The zero-order chi connectivity index (χ0) is 22.1. The number of aromatic nitrogens is 3. The molecule has 0 N–H and O–H groups in total. The first-order valence-electron chi connectivity index (χ1n) is 9.16. The molecule has 9 heteroatoms. The number of amides is 1. The van der Waals surface area contributed by atoms with E-state index in [0.717, 1.165) is 6.07 Å². The summed E-state index contributed by atoms with van der Waals surface area (Å²) < 4.78 is 55.0. The third-order valence-corrected chi connectivity index (χ3v) is 4.57. The Kier molecular flexibility index (Phi) is 5.91. The van der Waals surface area contributed by atoms with Crippen molar-refractivity contribution in [1.29, 1.82) is 0 Å². The normalized spacial score (nSPS) is 11.7. The SMILES string of the molecule is CC(C)N(Cc1ccc(F)c(-c2cncc(C(F)(F)F)c2)c1)C(=O)c1cn(C)cn1. The fraction of sp³-hybridized carbons (Fsp3) is 0.286. The lowest BCUT2D eigenvalue weighted by Crippen LogP contribution is -2.36. The second-order valence-corrected chi connectivity index (χ2v) is 7.23. The second kappa shape index (κ2) is 8.25. The number of carbonyl (C=O) groups is 1. The van der Waals surface area contributed by atoms with Crippen LogP contribution in [0.15, 0.2) is 49.2 Å². The summed E-state index contributed by atoms with van der Waals surface area (Å²) in [6.45, 7) is 3.82. The van der Waals surface area contributed by atoms with Gasteiger partial charge in [-0.05, 0) is 37.6 Å². The van der Waals surface area contributed by atoms with E-state index in [9.17, 15) is 22.4 Å². The van der Waals surface area contributed by atoms with Gasteiger partial charge >= 0.3 is 6.18 Å². The Balaban J connectivity index is 1.93. The molecule has 0 saturated heterocycles. The molecule has 2 heterocycles. The highest BCUT2D eigenvalue weighted by Crippen LogP contribution is 2.32. The first kappa shape index (κ1) is 21.5. The minimum Gasteiger partial charge on any atom is -0.340 e. The van der Waals surface area contributed by atoms with Crippen LogP contribution in [-0.4, -0.2) is 31.4 Å². The summed E-state index contributed by atoms with van der Waals surface area (Å²) in [5, 5.41) is 0. The van der Waals surface area contributed by atoms with E-state index >= 15 is 0 Å². The van der Waals surface area contributed by atoms with Gasteiger partial charge in [0.15, 0.2) is 0 Å². The van der Waals surface area contributed by atoms with E-state index in [4.69, 9.17) is 0 Å². The smallest absolute Gasteiger partial charge is 0.340 e. The van der Waals surface area contributed by atoms with Crippen LogP contribution in [0.2, 0.25) is 0 Å². The molecule has 0 aliphatic heterocycles. The molecule has 30 heavy (non-hydrogen) atoms. The molecule has 0 atom stereocenters.